The number of benzene rings is 1. The standard InChI is InChI=1S/C17H25NO5/c1-16(2,3)23-15(20)18(5)17(4,11-19)14-12(21-6)9-8-10-13(14)22-7/h8-11H,1-7H3. The van der Waals surface area contributed by atoms with Crippen molar-refractivity contribution >= 4 is 12.4 Å². The Labute approximate surface area is 137 Å². The second kappa shape index (κ2) is 6.89. The molecule has 6 nitrogen and oxygen atoms in total. The molecule has 1 atom stereocenters. The lowest BCUT2D eigenvalue weighted by Gasteiger charge is -2.37. The summed E-state index contributed by atoms with van der Waals surface area (Å²) in [5, 5.41) is 0. The van der Waals surface area contributed by atoms with Crippen molar-refractivity contribution in [1.82, 2.24) is 4.90 Å². The molecule has 0 heterocycles. The van der Waals surface area contributed by atoms with Crippen LogP contribution < -0.4 is 9.47 Å². The normalized spacial score (nSPS) is 13.7. The fourth-order valence-electron chi connectivity index (χ4n) is 2.18. The van der Waals surface area contributed by atoms with Crippen LogP contribution in [0.2, 0.25) is 0 Å². The first-order valence-corrected chi connectivity index (χ1v) is 7.25. The van der Waals surface area contributed by atoms with Gasteiger partial charge < -0.3 is 19.0 Å². The van der Waals surface area contributed by atoms with E-state index in [9.17, 15) is 9.59 Å². The van der Waals surface area contributed by atoms with Gasteiger partial charge in [-0.3, -0.25) is 4.90 Å². The van der Waals surface area contributed by atoms with Gasteiger partial charge in [-0.15, -0.1) is 0 Å². The van der Waals surface area contributed by atoms with Gasteiger partial charge in [0.15, 0.2) is 0 Å². The first-order chi connectivity index (χ1) is 10.6. The van der Waals surface area contributed by atoms with Gasteiger partial charge in [0.2, 0.25) is 0 Å². The Morgan fingerprint density at radius 3 is 1.91 bits per heavy atom. The van der Waals surface area contributed by atoms with Gasteiger partial charge in [-0.1, -0.05) is 6.07 Å². The average molecular weight is 323 g/mol. The number of rotatable bonds is 5. The molecule has 0 spiro atoms. The third-order valence-electron chi connectivity index (χ3n) is 3.53. The smallest absolute Gasteiger partial charge is 0.411 e. The minimum Gasteiger partial charge on any atom is -0.496 e. The number of carbonyl (C=O) groups excluding carboxylic acids is 2. The SMILES string of the molecule is COc1cccc(OC)c1C(C)(C=O)N(C)C(=O)OC(C)(C)C. The molecule has 0 N–H and O–H groups in total. The van der Waals surface area contributed by atoms with Gasteiger partial charge in [0.25, 0.3) is 0 Å². The number of ether oxygens (including phenoxy) is 3. The molecule has 0 saturated carbocycles. The van der Waals surface area contributed by atoms with Crippen molar-refractivity contribution in [3.63, 3.8) is 0 Å². The summed E-state index contributed by atoms with van der Waals surface area (Å²) in [4.78, 5) is 25.6. The molecule has 0 aliphatic heterocycles. The van der Waals surface area contributed by atoms with E-state index in [-0.39, 0.29) is 0 Å². The zero-order valence-corrected chi connectivity index (χ0v) is 14.8. The van der Waals surface area contributed by atoms with Crippen LogP contribution in [0.5, 0.6) is 11.5 Å². The molecule has 1 rings (SSSR count). The van der Waals surface area contributed by atoms with Crippen LogP contribution in [0.3, 0.4) is 0 Å². The van der Waals surface area contributed by atoms with Gasteiger partial charge in [0.05, 0.1) is 19.8 Å². The van der Waals surface area contributed by atoms with Crippen LogP contribution in [-0.4, -0.2) is 44.1 Å². The molecule has 0 aliphatic carbocycles. The van der Waals surface area contributed by atoms with E-state index in [4.69, 9.17) is 14.2 Å². The van der Waals surface area contributed by atoms with E-state index in [0.29, 0.717) is 23.3 Å². The number of hydrogen-bond acceptors (Lipinski definition) is 5. The zero-order chi connectivity index (χ0) is 17.8. The van der Waals surface area contributed by atoms with Crippen molar-refractivity contribution in [3.8, 4) is 11.5 Å². The predicted molar refractivity (Wildman–Crippen MR) is 87.0 cm³/mol. The maximum absolute atomic E-state index is 12.4. The quantitative estimate of drug-likeness (QED) is 0.779. The highest BCUT2D eigenvalue weighted by atomic mass is 16.6. The molecular weight excluding hydrogens is 298 g/mol. The Morgan fingerprint density at radius 1 is 1.09 bits per heavy atom. The second-order valence-corrected chi connectivity index (χ2v) is 6.34. The van der Waals surface area contributed by atoms with E-state index in [1.54, 1.807) is 45.9 Å². The van der Waals surface area contributed by atoms with Gasteiger partial charge in [-0.2, -0.15) is 0 Å². The predicted octanol–water partition coefficient (Wildman–Crippen LogP) is 2.98. The summed E-state index contributed by atoms with van der Waals surface area (Å²) in [6.45, 7) is 6.91. The van der Waals surface area contributed by atoms with Crippen molar-refractivity contribution in [1.29, 1.82) is 0 Å². The summed E-state index contributed by atoms with van der Waals surface area (Å²) < 4.78 is 16.1. The largest absolute Gasteiger partial charge is 0.496 e. The number of nitrogens with zero attached hydrogens (tertiary/aromatic N) is 1. The highest BCUT2D eigenvalue weighted by Gasteiger charge is 2.41. The van der Waals surface area contributed by atoms with E-state index in [1.165, 1.54) is 26.2 Å². The van der Waals surface area contributed by atoms with Crippen LogP contribution in [0, 0.1) is 0 Å². The molecule has 1 unspecified atom stereocenters. The number of aldehydes is 1. The number of carbonyl (C=O) groups is 2. The minimum atomic E-state index is -1.31. The molecule has 1 amide bonds. The third-order valence-corrected chi connectivity index (χ3v) is 3.53. The lowest BCUT2D eigenvalue weighted by atomic mass is 9.90. The van der Waals surface area contributed by atoms with Crippen molar-refractivity contribution in [3.05, 3.63) is 23.8 Å². The molecule has 128 valence electrons. The van der Waals surface area contributed by atoms with Gasteiger partial charge in [-0.25, -0.2) is 4.79 Å². The Bertz CT molecular complexity index is 557. The van der Waals surface area contributed by atoms with Gasteiger partial charge in [0, 0.05) is 7.05 Å². The number of amides is 1. The van der Waals surface area contributed by atoms with Crippen LogP contribution in [0.25, 0.3) is 0 Å². The van der Waals surface area contributed by atoms with Crippen LogP contribution in [-0.2, 0) is 15.1 Å². The van der Waals surface area contributed by atoms with E-state index < -0.39 is 17.2 Å². The summed E-state index contributed by atoms with van der Waals surface area (Å²) in [7, 11) is 4.50. The van der Waals surface area contributed by atoms with Crippen molar-refractivity contribution in [2.45, 2.75) is 38.8 Å². The molecule has 0 bridgehead atoms. The summed E-state index contributed by atoms with van der Waals surface area (Å²) >= 11 is 0. The van der Waals surface area contributed by atoms with Crippen molar-refractivity contribution in [2.75, 3.05) is 21.3 Å². The van der Waals surface area contributed by atoms with Crippen molar-refractivity contribution < 1.29 is 23.8 Å². The lowest BCUT2D eigenvalue weighted by Crippen LogP contribution is -2.48. The molecular formula is C17H25NO5. The number of methoxy groups -OCH3 is 2. The molecule has 23 heavy (non-hydrogen) atoms. The van der Waals surface area contributed by atoms with E-state index >= 15 is 0 Å². The third kappa shape index (κ3) is 3.94. The van der Waals surface area contributed by atoms with Gasteiger partial charge >= 0.3 is 6.09 Å². The Morgan fingerprint density at radius 2 is 1.57 bits per heavy atom. The van der Waals surface area contributed by atoms with Gasteiger partial charge in [0.1, 0.15) is 28.9 Å². The molecule has 1 aromatic carbocycles. The van der Waals surface area contributed by atoms with E-state index in [0.717, 1.165) is 0 Å². The van der Waals surface area contributed by atoms with Gasteiger partial charge in [-0.05, 0) is 39.8 Å². The summed E-state index contributed by atoms with van der Waals surface area (Å²) in [6, 6.07) is 5.17. The maximum atomic E-state index is 12.4. The van der Waals surface area contributed by atoms with Crippen LogP contribution in [0.15, 0.2) is 18.2 Å². The number of hydrogen-bond donors (Lipinski definition) is 0. The molecule has 0 saturated heterocycles. The maximum Gasteiger partial charge on any atom is 0.411 e. The van der Waals surface area contributed by atoms with Crippen molar-refractivity contribution in [2.24, 2.45) is 0 Å². The highest BCUT2D eigenvalue weighted by Crippen LogP contribution is 2.40. The molecule has 0 fully saturated rings. The molecule has 0 radical (unpaired) electrons. The fraction of sp³-hybridized carbons (Fsp3) is 0.529. The first-order valence-electron chi connectivity index (χ1n) is 7.25. The Balaban J connectivity index is 3.40. The number of likely N-dealkylation sites (N-methyl/N-ethyl adjacent to an activating group) is 1. The van der Waals surface area contributed by atoms with E-state index in [1.807, 2.05) is 0 Å². The highest BCUT2D eigenvalue weighted by molar-refractivity contribution is 5.80. The van der Waals surface area contributed by atoms with Crippen LogP contribution >= 0.6 is 0 Å². The Hall–Kier alpha value is -2.24. The summed E-state index contributed by atoms with van der Waals surface area (Å²) in [5.41, 5.74) is -1.51. The minimum absolute atomic E-state index is 0.453. The van der Waals surface area contributed by atoms with E-state index in [2.05, 4.69) is 0 Å². The zero-order valence-electron chi connectivity index (χ0n) is 14.8. The first kappa shape index (κ1) is 18.8. The fourth-order valence-corrected chi connectivity index (χ4v) is 2.18. The summed E-state index contributed by atoms with van der Waals surface area (Å²) in [6.07, 6.45) is 0.0668. The lowest BCUT2D eigenvalue weighted by molar-refractivity contribution is -0.117. The van der Waals surface area contributed by atoms with Crippen LogP contribution in [0.4, 0.5) is 4.79 Å². The molecule has 1 aromatic rings. The molecule has 6 heteroatoms. The molecule has 0 aliphatic rings. The van der Waals surface area contributed by atoms with Crippen LogP contribution in [0.1, 0.15) is 33.3 Å². The monoisotopic (exact) mass is 323 g/mol. The second-order valence-electron chi connectivity index (χ2n) is 6.34. The topological polar surface area (TPSA) is 65.1 Å². The average Bonchev–Trinajstić information content (AvgIpc) is 2.50. The molecule has 0 aromatic heterocycles. The Kier molecular flexibility index (Phi) is 5.64. The summed E-state index contributed by atoms with van der Waals surface area (Å²) in [5.74, 6) is 0.906.